The molecule has 106 valence electrons. The molecule has 0 spiro atoms. The maximum atomic E-state index is 9.46. The van der Waals surface area contributed by atoms with Gasteiger partial charge in [0, 0.05) is 12.1 Å². The molecule has 1 atom stereocenters. The van der Waals surface area contributed by atoms with Gasteiger partial charge in [0.05, 0.1) is 0 Å². The molecule has 4 heteroatoms. The highest BCUT2D eigenvalue weighted by atomic mass is 16.3. The molecular formula is C15H24N2O2. The maximum Gasteiger partial charge on any atom is 0.119 e. The van der Waals surface area contributed by atoms with Crippen molar-refractivity contribution in [3.8, 4) is 11.5 Å². The van der Waals surface area contributed by atoms with Crippen LogP contribution in [0.3, 0.4) is 0 Å². The molecule has 1 unspecified atom stereocenters. The predicted octanol–water partition coefficient (Wildman–Crippen LogP) is 2.23. The van der Waals surface area contributed by atoms with Gasteiger partial charge >= 0.3 is 0 Å². The molecule has 0 bridgehead atoms. The van der Waals surface area contributed by atoms with E-state index in [1.54, 1.807) is 12.1 Å². The average Bonchev–Trinajstić information content (AvgIpc) is 2.86. The van der Waals surface area contributed by atoms with Crippen molar-refractivity contribution in [1.29, 1.82) is 0 Å². The summed E-state index contributed by atoms with van der Waals surface area (Å²) in [6.45, 7) is 6.65. The van der Waals surface area contributed by atoms with Crippen LogP contribution in [0.25, 0.3) is 0 Å². The van der Waals surface area contributed by atoms with E-state index in [1.165, 1.54) is 32.0 Å². The number of nitrogens with one attached hydrogen (secondary N) is 1. The molecule has 19 heavy (non-hydrogen) atoms. The van der Waals surface area contributed by atoms with E-state index in [4.69, 9.17) is 0 Å². The monoisotopic (exact) mass is 264 g/mol. The van der Waals surface area contributed by atoms with Crippen LogP contribution in [-0.2, 0) is 0 Å². The van der Waals surface area contributed by atoms with Gasteiger partial charge in [-0.2, -0.15) is 0 Å². The van der Waals surface area contributed by atoms with Crippen LogP contribution in [0.15, 0.2) is 18.2 Å². The van der Waals surface area contributed by atoms with Crippen LogP contribution in [0.1, 0.15) is 37.8 Å². The summed E-state index contributed by atoms with van der Waals surface area (Å²) in [6.07, 6.45) is 3.81. The molecule has 4 nitrogen and oxygen atoms in total. The number of phenolic OH excluding ortho intramolecular Hbond substituents is 2. The van der Waals surface area contributed by atoms with Crippen LogP contribution in [0.4, 0.5) is 0 Å². The smallest absolute Gasteiger partial charge is 0.119 e. The van der Waals surface area contributed by atoms with Crippen LogP contribution in [0.2, 0.25) is 0 Å². The number of phenols is 2. The van der Waals surface area contributed by atoms with Gasteiger partial charge in [0.25, 0.3) is 0 Å². The van der Waals surface area contributed by atoms with Crippen molar-refractivity contribution >= 4 is 0 Å². The van der Waals surface area contributed by atoms with Gasteiger partial charge in [0.15, 0.2) is 0 Å². The normalized spacial score (nSPS) is 17.7. The van der Waals surface area contributed by atoms with Gasteiger partial charge < -0.3 is 20.4 Å². The zero-order valence-electron chi connectivity index (χ0n) is 11.6. The van der Waals surface area contributed by atoms with E-state index in [2.05, 4.69) is 10.2 Å². The molecule has 0 saturated carbocycles. The molecule has 0 amide bonds. The lowest BCUT2D eigenvalue weighted by atomic mass is 10.1. The number of aromatic hydroxyl groups is 2. The Balaban J connectivity index is 1.72. The van der Waals surface area contributed by atoms with E-state index in [9.17, 15) is 10.2 Å². The molecule has 1 aromatic rings. The van der Waals surface area contributed by atoms with Crippen molar-refractivity contribution < 1.29 is 10.2 Å². The molecule has 1 fully saturated rings. The topological polar surface area (TPSA) is 55.7 Å². The molecule has 1 aliphatic heterocycles. The highest BCUT2D eigenvalue weighted by molar-refractivity contribution is 5.37. The van der Waals surface area contributed by atoms with Crippen LogP contribution in [-0.4, -0.2) is 41.3 Å². The van der Waals surface area contributed by atoms with Crippen LogP contribution in [0, 0.1) is 0 Å². The van der Waals surface area contributed by atoms with Gasteiger partial charge in [-0.25, -0.2) is 0 Å². The van der Waals surface area contributed by atoms with Gasteiger partial charge in [-0.1, -0.05) is 0 Å². The van der Waals surface area contributed by atoms with E-state index in [1.807, 2.05) is 6.92 Å². The Kier molecular flexibility index (Phi) is 5.05. The van der Waals surface area contributed by atoms with E-state index >= 15 is 0 Å². The fourth-order valence-corrected chi connectivity index (χ4v) is 2.61. The second-order valence-corrected chi connectivity index (χ2v) is 5.36. The Labute approximate surface area is 115 Å². The number of rotatable bonds is 6. The Morgan fingerprint density at radius 1 is 1.16 bits per heavy atom. The number of benzene rings is 1. The lowest BCUT2D eigenvalue weighted by Crippen LogP contribution is -2.26. The van der Waals surface area contributed by atoms with E-state index in [0.29, 0.717) is 0 Å². The van der Waals surface area contributed by atoms with Crippen molar-refractivity contribution in [2.45, 2.75) is 32.2 Å². The maximum absolute atomic E-state index is 9.46. The quantitative estimate of drug-likeness (QED) is 0.690. The SMILES string of the molecule is CC(NCCCN1CCCC1)c1cc(O)cc(O)c1. The molecule has 0 radical (unpaired) electrons. The van der Waals surface area contributed by atoms with Gasteiger partial charge in [0.1, 0.15) is 11.5 Å². The second kappa shape index (κ2) is 6.78. The largest absolute Gasteiger partial charge is 0.508 e. The van der Waals surface area contributed by atoms with Crippen molar-refractivity contribution in [3.63, 3.8) is 0 Å². The van der Waals surface area contributed by atoms with Crippen LogP contribution >= 0.6 is 0 Å². The molecule has 1 saturated heterocycles. The fourth-order valence-electron chi connectivity index (χ4n) is 2.61. The minimum Gasteiger partial charge on any atom is -0.508 e. The first-order valence-corrected chi connectivity index (χ1v) is 7.14. The zero-order valence-corrected chi connectivity index (χ0v) is 11.6. The Morgan fingerprint density at radius 2 is 1.79 bits per heavy atom. The summed E-state index contributed by atoms with van der Waals surface area (Å²) in [5.74, 6) is 0.224. The minimum absolute atomic E-state index is 0.112. The lowest BCUT2D eigenvalue weighted by Gasteiger charge is -2.17. The van der Waals surface area contributed by atoms with E-state index < -0.39 is 0 Å². The van der Waals surface area contributed by atoms with E-state index in [-0.39, 0.29) is 17.5 Å². The van der Waals surface area contributed by atoms with Gasteiger partial charge in [0.2, 0.25) is 0 Å². The van der Waals surface area contributed by atoms with Crippen LogP contribution < -0.4 is 5.32 Å². The minimum atomic E-state index is 0.112. The lowest BCUT2D eigenvalue weighted by molar-refractivity contribution is 0.328. The Morgan fingerprint density at radius 3 is 2.42 bits per heavy atom. The first kappa shape index (κ1) is 14.2. The summed E-state index contributed by atoms with van der Waals surface area (Å²) in [5, 5.41) is 22.4. The van der Waals surface area contributed by atoms with Crippen LogP contribution in [0.5, 0.6) is 11.5 Å². The third-order valence-corrected chi connectivity index (χ3v) is 3.73. The number of nitrogens with zero attached hydrogens (tertiary/aromatic N) is 1. The third kappa shape index (κ3) is 4.40. The first-order valence-electron chi connectivity index (χ1n) is 7.14. The molecule has 1 heterocycles. The summed E-state index contributed by atoms with van der Waals surface area (Å²) in [5.41, 5.74) is 0.915. The fraction of sp³-hybridized carbons (Fsp3) is 0.600. The Bertz CT molecular complexity index is 383. The van der Waals surface area contributed by atoms with Gasteiger partial charge in [-0.05, 0) is 70.1 Å². The average molecular weight is 264 g/mol. The van der Waals surface area contributed by atoms with Gasteiger partial charge in [-0.3, -0.25) is 0 Å². The molecule has 0 aromatic heterocycles. The highest BCUT2D eigenvalue weighted by Gasteiger charge is 2.11. The summed E-state index contributed by atoms with van der Waals surface area (Å²) in [4.78, 5) is 2.51. The molecule has 0 aliphatic carbocycles. The molecule has 3 N–H and O–H groups in total. The van der Waals surface area contributed by atoms with Crippen molar-refractivity contribution in [2.24, 2.45) is 0 Å². The molecule has 2 rings (SSSR count). The Hall–Kier alpha value is -1.26. The third-order valence-electron chi connectivity index (χ3n) is 3.73. The summed E-state index contributed by atoms with van der Waals surface area (Å²) in [6, 6.07) is 4.87. The van der Waals surface area contributed by atoms with E-state index in [0.717, 1.165) is 25.1 Å². The zero-order chi connectivity index (χ0) is 13.7. The summed E-state index contributed by atoms with van der Waals surface area (Å²) in [7, 11) is 0. The molecular weight excluding hydrogens is 240 g/mol. The highest BCUT2D eigenvalue weighted by Crippen LogP contribution is 2.24. The summed E-state index contributed by atoms with van der Waals surface area (Å²) < 4.78 is 0. The first-order chi connectivity index (χ1) is 9.15. The van der Waals surface area contributed by atoms with Crippen molar-refractivity contribution in [1.82, 2.24) is 10.2 Å². The van der Waals surface area contributed by atoms with Crippen molar-refractivity contribution in [3.05, 3.63) is 23.8 Å². The summed E-state index contributed by atoms with van der Waals surface area (Å²) >= 11 is 0. The number of likely N-dealkylation sites (tertiary alicyclic amines) is 1. The molecule has 1 aromatic carbocycles. The number of hydrogen-bond acceptors (Lipinski definition) is 4. The molecule has 1 aliphatic rings. The standard InChI is InChI=1S/C15H24N2O2/c1-12(13-9-14(18)11-15(19)10-13)16-5-4-8-17-6-2-3-7-17/h9-12,16,18-19H,2-8H2,1H3. The van der Waals surface area contributed by atoms with Gasteiger partial charge in [-0.15, -0.1) is 0 Å². The second-order valence-electron chi connectivity index (χ2n) is 5.36. The van der Waals surface area contributed by atoms with Crippen molar-refractivity contribution in [2.75, 3.05) is 26.2 Å². The number of hydrogen-bond donors (Lipinski definition) is 3. The predicted molar refractivity (Wildman–Crippen MR) is 76.5 cm³/mol.